The van der Waals surface area contributed by atoms with Crippen LogP contribution in [0, 0.1) is 10.1 Å². The van der Waals surface area contributed by atoms with Crippen LogP contribution in [0.5, 0.6) is 0 Å². The molecule has 0 bridgehead atoms. The van der Waals surface area contributed by atoms with E-state index in [0.717, 1.165) is 12.8 Å². The Morgan fingerprint density at radius 3 is 2.74 bits per heavy atom. The van der Waals surface area contributed by atoms with Gasteiger partial charge in [0.05, 0.1) is 16.5 Å². The third kappa shape index (κ3) is 3.51. The Bertz CT molecular complexity index is 482. The van der Waals surface area contributed by atoms with Crippen LogP contribution in [0.15, 0.2) is 24.3 Å². The van der Waals surface area contributed by atoms with Gasteiger partial charge in [-0.15, -0.1) is 5.48 Å². The minimum atomic E-state index is -0.445. The lowest BCUT2D eigenvalue weighted by Gasteiger charge is -2.16. The van der Waals surface area contributed by atoms with Gasteiger partial charge in [0.25, 0.3) is 5.69 Å². The van der Waals surface area contributed by atoms with Gasteiger partial charge in [-0.25, -0.2) is 5.21 Å². The van der Waals surface area contributed by atoms with Gasteiger partial charge >= 0.3 is 5.84 Å². The topological polar surface area (TPSA) is 89.4 Å². The van der Waals surface area contributed by atoms with Crippen molar-refractivity contribution in [2.24, 2.45) is 0 Å². The predicted molar refractivity (Wildman–Crippen MR) is 70.0 cm³/mol. The summed E-state index contributed by atoms with van der Waals surface area (Å²) in [6, 6.07) is 6.50. The average molecular weight is 264 g/mol. The lowest BCUT2D eigenvalue weighted by molar-refractivity contribution is -0.510. The fraction of sp³-hybridized carbons (Fsp3) is 0.462. The molecular formula is C13H18N3O3+. The van der Waals surface area contributed by atoms with Crippen molar-refractivity contribution in [1.82, 2.24) is 5.48 Å². The second kappa shape index (κ2) is 6.29. The minimum Gasteiger partial charge on any atom is -0.269 e. The zero-order chi connectivity index (χ0) is 13.7. The van der Waals surface area contributed by atoms with Gasteiger partial charge in [-0.05, 0) is 31.7 Å². The number of nitro benzene ring substituents is 1. The van der Waals surface area contributed by atoms with Gasteiger partial charge in [-0.3, -0.25) is 15.1 Å². The van der Waals surface area contributed by atoms with Crippen molar-refractivity contribution >= 4 is 11.5 Å². The maximum absolute atomic E-state index is 10.7. The number of non-ortho nitro benzene ring substituents is 1. The van der Waals surface area contributed by atoms with E-state index in [1.165, 1.54) is 31.4 Å². The van der Waals surface area contributed by atoms with Gasteiger partial charge in [0, 0.05) is 12.1 Å². The molecule has 0 saturated heterocycles. The highest BCUT2D eigenvalue weighted by molar-refractivity contribution is 5.94. The highest BCUT2D eigenvalue weighted by Crippen LogP contribution is 2.15. The fourth-order valence-corrected chi connectivity index (χ4v) is 2.41. The second-order valence-electron chi connectivity index (χ2n) is 4.77. The maximum Gasteiger partial charge on any atom is 0.305 e. The molecule has 1 aliphatic rings. The summed E-state index contributed by atoms with van der Waals surface area (Å²) < 4.78 is 0. The Labute approximate surface area is 111 Å². The van der Waals surface area contributed by atoms with E-state index in [1.54, 1.807) is 12.1 Å². The zero-order valence-corrected chi connectivity index (χ0v) is 10.6. The first-order chi connectivity index (χ1) is 9.20. The van der Waals surface area contributed by atoms with Gasteiger partial charge < -0.3 is 0 Å². The van der Waals surface area contributed by atoms with E-state index in [1.807, 2.05) is 0 Å². The maximum atomic E-state index is 10.7. The normalized spacial score (nSPS) is 17.2. The van der Waals surface area contributed by atoms with E-state index in [0.29, 0.717) is 17.4 Å². The van der Waals surface area contributed by atoms with E-state index in [4.69, 9.17) is 0 Å². The number of benzene rings is 1. The van der Waals surface area contributed by atoms with Crippen molar-refractivity contribution in [3.63, 3.8) is 0 Å². The molecule has 2 rings (SSSR count). The summed E-state index contributed by atoms with van der Waals surface area (Å²) in [7, 11) is 0. The number of hydrogen-bond donors (Lipinski definition) is 3. The Morgan fingerprint density at radius 2 is 2.11 bits per heavy atom. The number of rotatable bonds is 3. The summed E-state index contributed by atoms with van der Waals surface area (Å²) >= 11 is 0. The Balaban J connectivity index is 2.22. The van der Waals surface area contributed by atoms with Crippen molar-refractivity contribution in [2.45, 2.75) is 38.1 Å². The number of amidine groups is 1. The lowest BCUT2D eigenvalue weighted by atomic mass is 9.96. The van der Waals surface area contributed by atoms with Crippen LogP contribution in [0.2, 0.25) is 0 Å². The smallest absolute Gasteiger partial charge is 0.269 e. The second-order valence-corrected chi connectivity index (χ2v) is 4.77. The fourth-order valence-electron chi connectivity index (χ4n) is 2.41. The van der Waals surface area contributed by atoms with Crippen molar-refractivity contribution < 1.29 is 15.1 Å². The third-order valence-corrected chi connectivity index (χ3v) is 3.41. The van der Waals surface area contributed by atoms with Crippen LogP contribution in [-0.2, 0) is 0 Å². The van der Waals surface area contributed by atoms with Crippen LogP contribution in [0.3, 0.4) is 0 Å². The van der Waals surface area contributed by atoms with Crippen molar-refractivity contribution in [1.29, 1.82) is 0 Å². The molecule has 102 valence electrons. The molecule has 1 aliphatic carbocycles. The standard InChI is InChI=1S/C13H17N3O3/c17-15-13(14-11-6-2-1-3-7-11)10-5-4-8-12(9-10)16(18)19/h4-5,8-9,11,17H,1-3,6-7H2,(H,14,15)/p+1. The number of hydrogen-bond acceptors (Lipinski definition) is 3. The van der Waals surface area contributed by atoms with E-state index >= 15 is 0 Å². The number of nitro groups is 1. The van der Waals surface area contributed by atoms with Crippen LogP contribution in [0.25, 0.3) is 0 Å². The minimum absolute atomic E-state index is 0.00990. The molecule has 0 radical (unpaired) electrons. The highest BCUT2D eigenvalue weighted by Gasteiger charge is 2.19. The van der Waals surface area contributed by atoms with E-state index in [2.05, 4.69) is 10.5 Å². The quantitative estimate of drug-likeness (QED) is 0.325. The first-order valence-corrected chi connectivity index (χ1v) is 6.49. The molecule has 1 saturated carbocycles. The number of nitrogens with zero attached hydrogens (tertiary/aromatic N) is 1. The third-order valence-electron chi connectivity index (χ3n) is 3.41. The van der Waals surface area contributed by atoms with Gasteiger partial charge in [-0.2, -0.15) is 0 Å². The van der Waals surface area contributed by atoms with Crippen LogP contribution in [0.1, 0.15) is 37.7 Å². The molecule has 0 aromatic heterocycles. The molecule has 6 nitrogen and oxygen atoms in total. The molecule has 3 N–H and O–H groups in total. The largest absolute Gasteiger partial charge is 0.305 e. The van der Waals surface area contributed by atoms with Crippen molar-refractivity contribution in [3.05, 3.63) is 39.9 Å². The van der Waals surface area contributed by atoms with Crippen LogP contribution < -0.4 is 10.5 Å². The average Bonchev–Trinajstić information content (AvgIpc) is 2.46. The molecule has 19 heavy (non-hydrogen) atoms. The molecule has 0 heterocycles. The summed E-state index contributed by atoms with van der Waals surface area (Å²) in [4.78, 5) is 13.5. The molecule has 0 aliphatic heterocycles. The summed E-state index contributed by atoms with van der Waals surface area (Å²) in [6.45, 7) is 0. The van der Waals surface area contributed by atoms with Crippen molar-refractivity contribution in [3.8, 4) is 0 Å². The van der Waals surface area contributed by atoms with Gasteiger partial charge in [-0.1, -0.05) is 12.5 Å². The van der Waals surface area contributed by atoms with Gasteiger partial charge in [0.2, 0.25) is 0 Å². The first kappa shape index (κ1) is 13.5. The molecule has 1 fully saturated rings. The zero-order valence-electron chi connectivity index (χ0n) is 10.6. The van der Waals surface area contributed by atoms with Crippen LogP contribution >= 0.6 is 0 Å². The lowest BCUT2D eigenvalue weighted by Crippen LogP contribution is -2.82. The molecule has 0 spiro atoms. The highest BCUT2D eigenvalue weighted by atomic mass is 16.6. The molecular weight excluding hydrogens is 246 g/mol. The van der Waals surface area contributed by atoms with Crippen LogP contribution in [0.4, 0.5) is 5.69 Å². The van der Waals surface area contributed by atoms with E-state index < -0.39 is 4.92 Å². The Morgan fingerprint density at radius 1 is 1.37 bits per heavy atom. The van der Waals surface area contributed by atoms with Gasteiger partial charge in [0.1, 0.15) is 0 Å². The summed E-state index contributed by atoms with van der Waals surface area (Å²) in [5.74, 6) is 0.426. The van der Waals surface area contributed by atoms with Crippen LogP contribution in [-0.4, -0.2) is 22.0 Å². The number of hydroxylamine groups is 1. The molecule has 0 unspecified atom stereocenters. The monoisotopic (exact) mass is 264 g/mol. The van der Waals surface area contributed by atoms with E-state index in [9.17, 15) is 15.3 Å². The Kier molecular flexibility index (Phi) is 4.46. The van der Waals surface area contributed by atoms with E-state index in [-0.39, 0.29) is 5.69 Å². The SMILES string of the molecule is O=[N+]([O-])c1cccc(C(NO)=[NH+]C2CCCCC2)c1. The molecule has 6 heteroatoms. The van der Waals surface area contributed by atoms with Gasteiger partial charge in [0.15, 0.2) is 0 Å². The molecule has 0 amide bonds. The van der Waals surface area contributed by atoms with Crippen molar-refractivity contribution in [2.75, 3.05) is 0 Å². The summed E-state index contributed by atoms with van der Waals surface area (Å²) in [6.07, 6.45) is 5.70. The number of nitrogens with one attached hydrogen (secondary N) is 2. The molecule has 0 atom stereocenters. The first-order valence-electron chi connectivity index (χ1n) is 6.49. The molecule has 1 aromatic rings. The Hall–Kier alpha value is -1.95. The summed E-state index contributed by atoms with van der Waals surface area (Å²) in [5, 5.41) is 20.0. The molecule has 1 aromatic carbocycles. The summed E-state index contributed by atoms with van der Waals surface area (Å²) in [5.41, 5.74) is 2.71. The predicted octanol–water partition coefficient (Wildman–Crippen LogP) is 0.733.